The van der Waals surface area contributed by atoms with Crippen LogP contribution in [0, 0.1) is 17.8 Å². The van der Waals surface area contributed by atoms with Gasteiger partial charge in [0.1, 0.15) is 0 Å². The van der Waals surface area contributed by atoms with Gasteiger partial charge in [-0.05, 0) is 210 Å². The minimum atomic E-state index is -3.41. The summed E-state index contributed by atoms with van der Waals surface area (Å²) < 4.78 is 76.1. The van der Waals surface area contributed by atoms with Crippen LogP contribution in [0.2, 0.25) is 0 Å². The first-order valence-electron chi connectivity index (χ1n) is 37.5. The third-order valence-corrected chi connectivity index (χ3v) is 24.6. The highest BCUT2D eigenvalue weighted by molar-refractivity contribution is 7.89. The number of nitrogens with zero attached hydrogens (tertiary/aromatic N) is 1. The minimum absolute atomic E-state index is 0.00915. The zero-order valence-electron chi connectivity index (χ0n) is 62.9. The lowest BCUT2D eigenvalue weighted by Crippen LogP contribution is -2.51. The molecule has 21 atom stereocenters. The lowest BCUT2D eigenvalue weighted by Gasteiger charge is -2.35. The fraction of sp³-hybridized carbons (Fsp3) is 0.708. The van der Waals surface area contributed by atoms with Crippen LogP contribution < -0.4 is 110 Å². The molecule has 7 unspecified atom stereocenters. The largest absolute Gasteiger partial charge is 0.354 e. The van der Waals surface area contributed by atoms with Gasteiger partial charge in [0.05, 0.1) is 16.9 Å². The molecule has 0 aromatic heterocycles. The Bertz CT molecular complexity index is 3310. The second kappa shape index (κ2) is 46.6. The summed E-state index contributed by atoms with van der Waals surface area (Å²) in [5.41, 5.74) is 82.9. The van der Waals surface area contributed by atoms with Crippen molar-refractivity contribution in [2.75, 3.05) is 45.7 Å². The van der Waals surface area contributed by atoms with Gasteiger partial charge in [0.15, 0.2) is 0 Å². The van der Waals surface area contributed by atoms with Gasteiger partial charge in [0, 0.05) is 146 Å². The van der Waals surface area contributed by atoms with E-state index in [4.69, 9.17) is 80.3 Å². The molecule has 0 radical (unpaired) electrons. The SMILES string of the molecule is CC(=O)NC1CC[C@H](N)[C@H](N)C1.CCS(=O)(=O)NCC1CC[C@H](N)[C@H](N)C1.CN(C)C1CC[C@H](N)[C@H](N)C1.CS(=O)(=O)NC1CC[C@H](N)[C@H](N)C1.N[C@@H]1CC(CNC(=O)c2ccccc2)CC[C@@H]1N.N[C@@H]1CC(CNS(=O)(=O)c2ccccc2)CC[C@@H]1N.N[C@@H]1CC(NC(=O)c2ccccc2)CC[C@@H]1N. The zero-order valence-corrected chi connectivity index (χ0v) is 65.3. The Morgan fingerprint density at radius 1 is 0.390 bits per heavy atom. The standard InChI is InChI=1S/C14H21N3O.C13H21N3O2S.C13H19N3O.C9H21N3O2S.C8H17N3O.C8H19N3.C7H17N3O2S/c15-12-7-6-10(8-13(12)16)9-17-14(18)11-4-2-1-3-5-11;14-12-7-6-10(8-13(12)15)9-16-19(17,18)11-4-2-1-3-5-11;14-11-7-6-10(8-12(11)15)16-13(17)9-4-2-1-3-5-9;1-2-15(13,14)12-6-7-3-4-8(10)9(11)5-7;1-5(12)11-6-2-3-7(9)8(10)4-6;1-11(2)6-3-4-7(9)8(10)5-6;1-13(11,12)10-5-2-3-6(8)7(9)4-5/h1-5,10,12-13H,6-9,15-16H2,(H,17,18);1-5,10,12-13,16H,6-9,14-15H2;1-5,10-12H,6-8,14-15H2,(H,16,17);7-9,12H,2-6,10-11H2,1H3;6-8H,2-4,9-10H2,1H3,(H,11,12);6-8H,3-5,9-10H2,1-2H3;5-7,10H,2-4,8-9H2,1H3/t2*10?,12-,13+;10?,11-,12+;7?,8-,9+;2*6?,7-,8+;5?,6-,7+/m0000000/s1. The molecule has 33 heteroatoms. The lowest BCUT2D eigenvalue weighted by molar-refractivity contribution is -0.119. The molecule has 0 spiro atoms. The van der Waals surface area contributed by atoms with E-state index in [2.05, 4.69) is 49.1 Å². The average molecular weight is 1540 g/mol. The normalized spacial score (nSPS) is 31.9. The Kier molecular flexibility index (Phi) is 41.1. The molecule has 7 aliphatic rings. The summed E-state index contributed by atoms with van der Waals surface area (Å²) in [7, 11) is -5.38. The van der Waals surface area contributed by atoms with Gasteiger partial charge in [0.2, 0.25) is 36.0 Å². The van der Waals surface area contributed by atoms with E-state index in [0.29, 0.717) is 60.0 Å². The number of hydrogen-bond donors (Lipinski definition) is 20. The molecular weight excluding hydrogens is 1400 g/mol. The van der Waals surface area contributed by atoms with E-state index in [1.54, 1.807) is 37.3 Å². The third kappa shape index (κ3) is 36.1. The first-order valence-corrected chi connectivity index (χ1v) is 42.6. The summed E-state index contributed by atoms with van der Waals surface area (Å²) in [6.45, 7) is 4.77. The van der Waals surface area contributed by atoms with E-state index in [-0.39, 0.29) is 132 Å². The van der Waals surface area contributed by atoms with Crippen LogP contribution in [0.1, 0.15) is 169 Å². The molecule has 0 saturated heterocycles. The molecule has 3 amide bonds. The summed E-state index contributed by atoms with van der Waals surface area (Å²) >= 11 is 0. The fourth-order valence-electron chi connectivity index (χ4n) is 13.9. The molecule has 105 heavy (non-hydrogen) atoms. The molecule has 7 fully saturated rings. The van der Waals surface area contributed by atoms with Gasteiger partial charge in [-0.1, -0.05) is 54.6 Å². The number of carbonyl (C=O) groups is 3. The topological polar surface area (TPSA) is 593 Å². The van der Waals surface area contributed by atoms with Crippen molar-refractivity contribution in [2.45, 2.75) is 262 Å². The second-order valence-electron chi connectivity index (χ2n) is 30.2. The summed E-state index contributed by atoms with van der Waals surface area (Å²) in [6.07, 6.45) is 20.0. The van der Waals surface area contributed by atoms with E-state index in [1.807, 2.05) is 60.7 Å². The van der Waals surface area contributed by atoms with Crippen LogP contribution >= 0.6 is 0 Å². The van der Waals surface area contributed by atoms with Gasteiger partial charge in [-0.2, -0.15) is 0 Å². The van der Waals surface area contributed by atoms with Gasteiger partial charge in [-0.25, -0.2) is 39.4 Å². The molecular formula is C72H135N21O9S3. The molecule has 3 aromatic carbocycles. The van der Waals surface area contributed by atoms with E-state index in [9.17, 15) is 39.6 Å². The molecule has 0 aliphatic heterocycles. The van der Waals surface area contributed by atoms with Crippen molar-refractivity contribution < 1.29 is 39.6 Å². The van der Waals surface area contributed by atoms with E-state index >= 15 is 0 Å². The van der Waals surface area contributed by atoms with E-state index < -0.39 is 30.1 Å². The van der Waals surface area contributed by atoms with Crippen molar-refractivity contribution in [3.05, 3.63) is 102 Å². The molecule has 7 aliphatic carbocycles. The van der Waals surface area contributed by atoms with Crippen LogP contribution in [0.15, 0.2) is 95.9 Å². The molecule has 10 rings (SSSR count). The minimum Gasteiger partial charge on any atom is -0.354 e. The lowest BCUT2D eigenvalue weighted by atomic mass is 9.83. The van der Waals surface area contributed by atoms with Gasteiger partial charge < -0.3 is 101 Å². The van der Waals surface area contributed by atoms with E-state index in [1.165, 1.54) is 13.3 Å². The Morgan fingerprint density at radius 3 is 1.10 bits per heavy atom. The van der Waals surface area contributed by atoms with Gasteiger partial charge >= 0.3 is 0 Å². The number of sulfonamides is 3. The smallest absolute Gasteiger partial charge is 0.251 e. The van der Waals surface area contributed by atoms with Crippen LogP contribution in [-0.4, -0.2) is 202 Å². The van der Waals surface area contributed by atoms with Crippen LogP contribution in [0.25, 0.3) is 0 Å². The summed E-state index contributed by atoms with van der Waals surface area (Å²) in [6, 6.07) is 28.7. The van der Waals surface area contributed by atoms with Gasteiger partial charge in [-0.15, -0.1) is 0 Å². The van der Waals surface area contributed by atoms with E-state index in [0.717, 1.165) is 128 Å². The highest BCUT2D eigenvalue weighted by Gasteiger charge is 2.32. The maximum atomic E-state index is 12.1. The molecule has 0 heterocycles. The Hall–Kier alpha value is -4.80. The second-order valence-corrected chi connectivity index (χ2v) is 35.9. The number of amides is 3. The maximum absolute atomic E-state index is 12.1. The predicted molar refractivity (Wildman–Crippen MR) is 421 cm³/mol. The molecule has 30 nitrogen and oxygen atoms in total. The fourth-order valence-corrected chi connectivity index (χ4v) is 16.5. The highest BCUT2D eigenvalue weighted by Crippen LogP contribution is 2.26. The maximum Gasteiger partial charge on any atom is 0.251 e. The Morgan fingerprint density at radius 2 is 0.724 bits per heavy atom. The zero-order chi connectivity index (χ0) is 78.2. The van der Waals surface area contributed by atoms with Crippen molar-refractivity contribution in [3.8, 4) is 0 Å². The molecule has 3 aromatic rings. The van der Waals surface area contributed by atoms with Crippen LogP contribution in [-0.2, 0) is 34.9 Å². The van der Waals surface area contributed by atoms with Crippen LogP contribution in [0.4, 0.5) is 0 Å². The molecule has 600 valence electrons. The quantitative estimate of drug-likeness (QED) is 0.0780. The summed E-state index contributed by atoms with van der Waals surface area (Å²) in [5, 5.41) is 8.84. The molecule has 7 saturated carbocycles. The van der Waals surface area contributed by atoms with Gasteiger partial charge in [-0.3, -0.25) is 14.4 Å². The third-order valence-electron chi connectivity index (χ3n) is 21.0. The Labute approximate surface area is 627 Å². The Balaban J connectivity index is 0.000000261. The van der Waals surface area contributed by atoms with Crippen LogP contribution in [0.3, 0.4) is 0 Å². The van der Waals surface area contributed by atoms with Gasteiger partial charge in [0.25, 0.3) is 11.8 Å². The predicted octanol–water partition coefficient (Wildman–Crippen LogP) is -0.878. The molecule has 34 N–H and O–H groups in total. The monoisotopic (exact) mass is 1530 g/mol. The number of hydrogen-bond acceptors (Lipinski definition) is 24. The van der Waals surface area contributed by atoms with Crippen molar-refractivity contribution >= 4 is 47.8 Å². The summed E-state index contributed by atoms with van der Waals surface area (Å²) in [4.78, 5) is 37.0. The molecule has 0 bridgehead atoms. The van der Waals surface area contributed by atoms with Crippen molar-refractivity contribution in [3.63, 3.8) is 0 Å². The first kappa shape index (κ1) is 92.6. The van der Waals surface area contributed by atoms with Crippen LogP contribution in [0.5, 0.6) is 0 Å². The number of rotatable bonds is 17. The number of nitrogens with one attached hydrogen (secondary N) is 6. The highest BCUT2D eigenvalue weighted by atomic mass is 32.2. The summed E-state index contributed by atoms with van der Waals surface area (Å²) in [5.74, 6) is 1.16. The number of benzene rings is 3. The number of carbonyl (C=O) groups excluding carboxylic acids is 3. The average Bonchev–Trinajstić information content (AvgIpc) is 0.843. The van der Waals surface area contributed by atoms with Crippen molar-refractivity contribution in [2.24, 2.45) is 98.0 Å². The first-order chi connectivity index (χ1) is 49.3. The van der Waals surface area contributed by atoms with Crippen molar-refractivity contribution in [1.82, 2.24) is 35.0 Å². The van der Waals surface area contributed by atoms with Crippen molar-refractivity contribution in [1.29, 1.82) is 0 Å². The number of nitrogens with two attached hydrogens (primary N) is 14.